The van der Waals surface area contributed by atoms with Gasteiger partial charge in [0.05, 0.1) is 9.80 Å². The molecule has 2 rings (SSSR count). The van der Waals surface area contributed by atoms with Crippen LogP contribution in [0.15, 0.2) is 28.0 Å². The van der Waals surface area contributed by atoms with Crippen molar-refractivity contribution in [3.8, 4) is 0 Å². The highest BCUT2D eigenvalue weighted by Crippen LogP contribution is 2.35. The van der Waals surface area contributed by atoms with Crippen molar-refractivity contribution < 1.29 is 8.42 Å². The molecule has 0 saturated heterocycles. The van der Waals surface area contributed by atoms with Gasteiger partial charge < -0.3 is 5.73 Å². The molecule has 0 spiro atoms. The average Bonchev–Trinajstić information content (AvgIpc) is 2.58. The maximum atomic E-state index is 12.3. The van der Waals surface area contributed by atoms with Crippen molar-refractivity contribution >= 4 is 27.7 Å². The first kappa shape index (κ1) is 13.6. The lowest BCUT2D eigenvalue weighted by molar-refractivity contribution is 0.603. The zero-order valence-electron chi connectivity index (χ0n) is 10.5. The Labute approximate surface area is 112 Å². The molecule has 1 aliphatic heterocycles. The molecule has 5 heteroatoms. The SMILES string of the molecule is CC(C)SCC1=Cc2ccc(CN)cc2S1(=O)=O. The second kappa shape index (κ2) is 5.07. The Morgan fingerprint density at radius 3 is 2.67 bits per heavy atom. The van der Waals surface area contributed by atoms with Crippen molar-refractivity contribution in [1.82, 2.24) is 0 Å². The molecule has 0 aliphatic carbocycles. The highest BCUT2D eigenvalue weighted by molar-refractivity contribution is 8.02. The second-order valence-electron chi connectivity index (χ2n) is 4.55. The number of rotatable bonds is 4. The molecular weight excluding hydrogens is 266 g/mol. The van der Waals surface area contributed by atoms with E-state index in [0.717, 1.165) is 11.1 Å². The molecule has 1 heterocycles. The van der Waals surface area contributed by atoms with Gasteiger partial charge in [-0.1, -0.05) is 26.0 Å². The fourth-order valence-electron chi connectivity index (χ4n) is 1.82. The molecule has 1 aliphatic rings. The summed E-state index contributed by atoms with van der Waals surface area (Å²) in [4.78, 5) is 0.912. The first-order chi connectivity index (χ1) is 8.45. The van der Waals surface area contributed by atoms with Gasteiger partial charge in [-0.05, 0) is 28.5 Å². The van der Waals surface area contributed by atoms with E-state index in [9.17, 15) is 8.42 Å². The van der Waals surface area contributed by atoms with E-state index < -0.39 is 9.84 Å². The summed E-state index contributed by atoms with van der Waals surface area (Å²) in [5, 5.41) is 0.421. The van der Waals surface area contributed by atoms with Crippen LogP contribution in [0, 0.1) is 0 Å². The van der Waals surface area contributed by atoms with E-state index in [1.807, 2.05) is 12.1 Å². The van der Waals surface area contributed by atoms with Crippen LogP contribution in [0.3, 0.4) is 0 Å². The van der Waals surface area contributed by atoms with Crippen molar-refractivity contribution in [3.05, 3.63) is 34.2 Å². The fourth-order valence-corrected chi connectivity index (χ4v) is 4.53. The van der Waals surface area contributed by atoms with Gasteiger partial charge in [-0.3, -0.25) is 0 Å². The van der Waals surface area contributed by atoms with Gasteiger partial charge in [-0.15, -0.1) is 0 Å². The van der Waals surface area contributed by atoms with E-state index in [0.29, 0.717) is 27.3 Å². The lowest BCUT2D eigenvalue weighted by Gasteiger charge is -2.06. The van der Waals surface area contributed by atoms with Crippen LogP contribution in [0.4, 0.5) is 0 Å². The number of benzene rings is 1. The normalized spacial score (nSPS) is 16.8. The van der Waals surface area contributed by atoms with Crippen LogP contribution in [0.5, 0.6) is 0 Å². The smallest absolute Gasteiger partial charge is 0.204 e. The van der Waals surface area contributed by atoms with Crippen LogP contribution in [-0.4, -0.2) is 19.4 Å². The molecular formula is C13H17NO2S2. The van der Waals surface area contributed by atoms with E-state index in [-0.39, 0.29) is 0 Å². The van der Waals surface area contributed by atoms with Crippen LogP contribution in [0.2, 0.25) is 0 Å². The van der Waals surface area contributed by atoms with Gasteiger partial charge in [0.2, 0.25) is 9.84 Å². The summed E-state index contributed by atoms with van der Waals surface area (Å²) in [5.74, 6) is 0.534. The van der Waals surface area contributed by atoms with Gasteiger partial charge in [0.25, 0.3) is 0 Å². The summed E-state index contributed by atoms with van der Waals surface area (Å²) in [6.07, 6.45) is 1.78. The highest BCUT2D eigenvalue weighted by Gasteiger charge is 2.29. The van der Waals surface area contributed by atoms with Crippen molar-refractivity contribution in [2.75, 3.05) is 5.75 Å². The Morgan fingerprint density at radius 1 is 1.33 bits per heavy atom. The molecule has 0 saturated carbocycles. The standard InChI is InChI=1S/C13H17NO2S2/c1-9(2)17-8-12-6-11-4-3-10(7-14)5-13(11)18(12,15)16/h3-6,9H,7-8,14H2,1-2H3. The molecule has 0 aromatic heterocycles. The second-order valence-corrected chi connectivity index (χ2v) is 8.09. The Hall–Kier alpha value is -0.780. The molecule has 2 N–H and O–H groups in total. The zero-order valence-corrected chi connectivity index (χ0v) is 12.1. The molecule has 3 nitrogen and oxygen atoms in total. The van der Waals surface area contributed by atoms with Crippen molar-refractivity contribution in [2.24, 2.45) is 5.73 Å². The number of nitrogens with two attached hydrogens (primary N) is 1. The maximum absolute atomic E-state index is 12.3. The summed E-state index contributed by atoms with van der Waals surface area (Å²) in [6.45, 7) is 4.48. The van der Waals surface area contributed by atoms with Crippen molar-refractivity contribution in [3.63, 3.8) is 0 Å². The largest absolute Gasteiger partial charge is 0.326 e. The Balaban J connectivity index is 2.35. The Bertz CT molecular complexity index is 589. The molecule has 0 bridgehead atoms. The topological polar surface area (TPSA) is 60.2 Å². The van der Waals surface area contributed by atoms with E-state index in [1.165, 1.54) is 0 Å². The summed E-state index contributed by atoms with van der Waals surface area (Å²) in [5.41, 5.74) is 7.18. The minimum absolute atomic E-state index is 0.360. The van der Waals surface area contributed by atoms with Gasteiger partial charge in [0.15, 0.2) is 0 Å². The number of thioether (sulfide) groups is 1. The van der Waals surface area contributed by atoms with E-state index in [4.69, 9.17) is 5.73 Å². The molecule has 0 radical (unpaired) electrons. The van der Waals surface area contributed by atoms with Crippen LogP contribution >= 0.6 is 11.8 Å². The highest BCUT2D eigenvalue weighted by atomic mass is 32.2. The number of sulfone groups is 1. The third-order valence-corrected chi connectivity index (χ3v) is 6.04. The van der Waals surface area contributed by atoms with Crippen LogP contribution in [0.1, 0.15) is 25.0 Å². The number of hydrogen-bond donors (Lipinski definition) is 1. The molecule has 1 aromatic carbocycles. The van der Waals surface area contributed by atoms with Gasteiger partial charge in [-0.2, -0.15) is 11.8 Å². The molecule has 1 aromatic rings. The van der Waals surface area contributed by atoms with Gasteiger partial charge in [0.1, 0.15) is 0 Å². The summed E-state index contributed by atoms with van der Waals surface area (Å²) in [7, 11) is -3.29. The molecule has 0 fully saturated rings. The lowest BCUT2D eigenvalue weighted by atomic mass is 10.1. The van der Waals surface area contributed by atoms with Crippen molar-refractivity contribution in [1.29, 1.82) is 0 Å². The number of fused-ring (bicyclic) bond motifs is 1. The maximum Gasteiger partial charge on any atom is 0.204 e. The Morgan fingerprint density at radius 2 is 2.06 bits per heavy atom. The third-order valence-electron chi connectivity index (χ3n) is 2.82. The van der Waals surface area contributed by atoms with Gasteiger partial charge >= 0.3 is 0 Å². The van der Waals surface area contributed by atoms with Gasteiger partial charge in [0, 0.05) is 12.3 Å². The molecule has 0 atom stereocenters. The summed E-state index contributed by atoms with van der Waals surface area (Å²) < 4.78 is 24.7. The summed E-state index contributed by atoms with van der Waals surface area (Å²) in [6, 6.07) is 5.40. The molecule has 0 amide bonds. The molecule has 18 heavy (non-hydrogen) atoms. The van der Waals surface area contributed by atoms with E-state index in [1.54, 1.807) is 23.9 Å². The molecule has 0 unspecified atom stereocenters. The van der Waals surface area contributed by atoms with E-state index >= 15 is 0 Å². The monoisotopic (exact) mass is 283 g/mol. The number of hydrogen-bond acceptors (Lipinski definition) is 4. The van der Waals surface area contributed by atoms with E-state index in [2.05, 4.69) is 13.8 Å². The minimum Gasteiger partial charge on any atom is -0.326 e. The van der Waals surface area contributed by atoms with Crippen LogP contribution in [0.25, 0.3) is 6.08 Å². The molecule has 98 valence electrons. The van der Waals surface area contributed by atoms with Crippen LogP contribution < -0.4 is 5.73 Å². The zero-order chi connectivity index (χ0) is 13.3. The van der Waals surface area contributed by atoms with Crippen molar-refractivity contribution in [2.45, 2.75) is 30.5 Å². The summed E-state index contributed by atoms with van der Waals surface area (Å²) >= 11 is 1.64. The minimum atomic E-state index is -3.29. The predicted molar refractivity (Wildman–Crippen MR) is 77.1 cm³/mol. The predicted octanol–water partition coefficient (Wildman–Crippen LogP) is 2.42. The fraction of sp³-hybridized carbons (Fsp3) is 0.385. The first-order valence-corrected chi connectivity index (χ1v) is 8.38. The average molecular weight is 283 g/mol. The Kier molecular flexibility index (Phi) is 3.84. The van der Waals surface area contributed by atoms with Crippen LogP contribution in [-0.2, 0) is 16.4 Å². The van der Waals surface area contributed by atoms with Gasteiger partial charge in [-0.25, -0.2) is 8.42 Å². The first-order valence-electron chi connectivity index (χ1n) is 5.85. The lowest BCUT2D eigenvalue weighted by Crippen LogP contribution is -2.05. The third kappa shape index (κ3) is 2.48. The quantitative estimate of drug-likeness (QED) is 0.922.